The average molecular weight is 639 g/mol. The molecule has 0 radical (unpaired) electrons. The minimum absolute atomic E-state index is 0.00507. The Morgan fingerprint density at radius 3 is 1.85 bits per heavy atom. The summed E-state index contributed by atoms with van der Waals surface area (Å²) in [6.45, 7) is 3.34. The van der Waals surface area contributed by atoms with Gasteiger partial charge in [0.1, 0.15) is 24.0 Å². The molecule has 1 N–H and O–H groups in total. The van der Waals surface area contributed by atoms with Gasteiger partial charge in [-0.25, -0.2) is 4.79 Å². The summed E-state index contributed by atoms with van der Waals surface area (Å²) in [5.74, 6) is 0. The van der Waals surface area contributed by atoms with Gasteiger partial charge in [-0.05, 0) is 42.7 Å². The predicted molar refractivity (Wildman–Crippen MR) is 173 cm³/mol. The Hall–Kier alpha value is -4.61. The van der Waals surface area contributed by atoms with Crippen molar-refractivity contribution in [1.29, 1.82) is 0 Å². The zero-order valence-corrected chi connectivity index (χ0v) is 26.2. The van der Waals surface area contributed by atoms with Crippen LogP contribution in [0.25, 0.3) is 0 Å². The maximum atomic E-state index is 13.5. The monoisotopic (exact) mass is 638 g/mol. The van der Waals surface area contributed by atoms with Crippen molar-refractivity contribution in [1.82, 2.24) is 9.55 Å². The number of hydrogen-bond acceptors (Lipinski definition) is 7. The number of aromatic nitrogens is 2. The molecular weight excluding hydrogens is 604 g/mol. The highest BCUT2D eigenvalue weighted by Crippen LogP contribution is 2.42. The van der Waals surface area contributed by atoms with Gasteiger partial charge in [0.2, 0.25) is 0 Å². The first-order valence-electron chi connectivity index (χ1n) is 15.0. The number of benzene rings is 4. The van der Waals surface area contributed by atoms with Crippen molar-refractivity contribution >= 4 is 10.1 Å². The van der Waals surface area contributed by atoms with E-state index in [-0.39, 0.29) is 17.9 Å². The Labute approximate surface area is 267 Å². The largest absolute Gasteiger partial charge is 0.358 e. The molecule has 10 heteroatoms. The van der Waals surface area contributed by atoms with Crippen LogP contribution in [0, 0.1) is 13.8 Å². The van der Waals surface area contributed by atoms with Gasteiger partial charge in [-0.3, -0.25) is 18.5 Å². The molecule has 0 aliphatic carbocycles. The van der Waals surface area contributed by atoms with Crippen LogP contribution in [0.3, 0.4) is 0 Å². The first-order valence-corrected chi connectivity index (χ1v) is 16.4. The van der Waals surface area contributed by atoms with Gasteiger partial charge < -0.3 is 9.47 Å². The Morgan fingerprint density at radius 1 is 0.804 bits per heavy atom. The third-order valence-electron chi connectivity index (χ3n) is 8.20. The van der Waals surface area contributed by atoms with E-state index >= 15 is 0 Å². The molecule has 0 spiro atoms. The van der Waals surface area contributed by atoms with Crippen molar-refractivity contribution in [3.8, 4) is 0 Å². The van der Waals surface area contributed by atoms with Gasteiger partial charge >= 0.3 is 5.69 Å². The highest BCUT2D eigenvalue weighted by Gasteiger charge is 2.44. The van der Waals surface area contributed by atoms with Gasteiger partial charge in [-0.1, -0.05) is 109 Å². The molecule has 3 atom stereocenters. The molecule has 2 heterocycles. The van der Waals surface area contributed by atoms with Crippen molar-refractivity contribution in [3.05, 3.63) is 170 Å². The number of H-pyrrole nitrogens is 1. The van der Waals surface area contributed by atoms with E-state index in [2.05, 4.69) is 4.98 Å². The molecule has 1 saturated heterocycles. The lowest BCUT2D eigenvalue weighted by atomic mass is 9.80. The molecule has 236 valence electrons. The third-order valence-corrected chi connectivity index (χ3v) is 9.55. The smallest absolute Gasteiger partial charge is 0.330 e. The second kappa shape index (κ2) is 13.0. The second-order valence-corrected chi connectivity index (χ2v) is 12.9. The highest BCUT2D eigenvalue weighted by atomic mass is 32.2. The Kier molecular flexibility index (Phi) is 8.88. The van der Waals surface area contributed by atoms with Gasteiger partial charge in [0.15, 0.2) is 0 Å². The zero-order chi connectivity index (χ0) is 32.3. The van der Waals surface area contributed by atoms with Gasteiger partial charge in [0.25, 0.3) is 15.7 Å². The number of nitrogens with zero attached hydrogens (tertiary/aromatic N) is 1. The van der Waals surface area contributed by atoms with Crippen LogP contribution in [0.4, 0.5) is 0 Å². The number of aromatic amines is 1. The summed E-state index contributed by atoms with van der Waals surface area (Å²) >= 11 is 0. The molecule has 0 unspecified atom stereocenters. The fourth-order valence-electron chi connectivity index (χ4n) is 5.82. The maximum absolute atomic E-state index is 13.5. The van der Waals surface area contributed by atoms with E-state index in [0.717, 1.165) is 22.3 Å². The Balaban J connectivity index is 1.41. The third kappa shape index (κ3) is 6.25. The van der Waals surface area contributed by atoms with Crippen LogP contribution >= 0.6 is 0 Å². The van der Waals surface area contributed by atoms with Crippen molar-refractivity contribution in [2.75, 3.05) is 6.61 Å². The SMILES string of the molecule is Cc1ccc(S(=O)(=O)O[C@@H]2C[C@H](n3cc(C)c(=O)[nH]c3=O)O[C@H]2COC(c2ccccc2)(c2ccccc2)c2ccccc2)cc1. The predicted octanol–water partition coefficient (Wildman–Crippen LogP) is 5.22. The lowest BCUT2D eigenvalue weighted by molar-refractivity contribution is -0.0911. The summed E-state index contributed by atoms with van der Waals surface area (Å²) in [5.41, 5.74) is 1.52. The van der Waals surface area contributed by atoms with Gasteiger partial charge in [0.05, 0.1) is 11.5 Å². The number of nitrogens with one attached hydrogen (secondary N) is 1. The average Bonchev–Trinajstić information content (AvgIpc) is 3.46. The van der Waals surface area contributed by atoms with E-state index in [9.17, 15) is 18.0 Å². The minimum Gasteiger partial charge on any atom is -0.358 e. The van der Waals surface area contributed by atoms with Crippen molar-refractivity contribution in [2.24, 2.45) is 0 Å². The molecular formula is C36H34N2O7S. The van der Waals surface area contributed by atoms with E-state index in [4.69, 9.17) is 13.7 Å². The van der Waals surface area contributed by atoms with E-state index in [1.54, 1.807) is 19.1 Å². The number of ether oxygens (including phenoxy) is 2. The van der Waals surface area contributed by atoms with Crippen molar-refractivity contribution in [3.63, 3.8) is 0 Å². The van der Waals surface area contributed by atoms with Crippen molar-refractivity contribution < 1.29 is 22.1 Å². The standard InChI is InChI=1S/C36H34N2O7S/c1-25-18-20-30(21-19-25)46(41,42)45-31-22-33(38-23-26(2)34(39)37-35(38)40)44-32(31)24-43-36(27-12-6-3-7-13-27,28-14-8-4-9-15-28)29-16-10-5-11-17-29/h3-21,23,31-33H,22,24H2,1-2H3,(H,37,39,40)/t31-,32+,33-/m1/s1. The van der Waals surface area contributed by atoms with E-state index < -0.39 is 45.4 Å². The number of hydrogen-bond donors (Lipinski definition) is 1. The van der Waals surface area contributed by atoms with Crippen LogP contribution in [0.1, 0.15) is 40.5 Å². The second-order valence-electron chi connectivity index (χ2n) is 11.3. The molecule has 46 heavy (non-hydrogen) atoms. The van der Waals surface area contributed by atoms with Crippen LogP contribution in [-0.4, -0.2) is 36.8 Å². The molecule has 1 fully saturated rings. The molecule has 1 aliphatic heterocycles. The van der Waals surface area contributed by atoms with Crippen molar-refractivity contribution in [2.45, 2.75) is 49.2 Å². The fourth-order valence-corrected chi connectivity index (χ4v) is 6.93. The fraction of sp³-hybridized carbons (Fsp3) is 0.222. The van der Waals surface area contributed by atoms with E-state index in [1.165, 1.54) is 22.9 Å². The quantitative estimate of drug-likeness (QED) is 0.165. The normalized spacial score (nSPS) is 18.4. The lowest BCUT2D eigenvalue weighted by Crippen LogP contribution is -2.39. The summed E-state index contributed by atoms with van der Waals surface area (Å²) in [7, 11) is -4.22. The topological polar surface area (TPSA) is 117 Å². The van der Waals surface area contributed by atoms with E-state index in [1.807, 2.05) is 97.9 Å². The molecule has 0 amide bonds. The summed E-state index contributed by atoms with van der Waals surface area (Å²) in [5, 5.41) is 0. The van der Waals surface area contributed by atoms with Crippen LogP contribution in [0.5, 0.6) is 0 Å². The maximum Gasteiger partial charge on any atom is 0.330 e. The summed E-state index contributed by atoms with van der Waals surface area (Å²) in [6, 6.07) is 35.7. The number of aryl methyl sites for hydroxylation is 2. The Bertz CT molecular complexity index is 1910. The van der Waals surface area contributed by atoms with Gasteiger partial charge in [-0.15, -0.1) is 0 Å². The summed E-state index contributed by atoms with van der Waals surface area (Å²) in [6.07, 6.45) is -1.44. The molecule has 1 aliphatic rings. The number of rotatable bonds is 10. The molecule has 5 aromatic rings. The molecule has 0 saturated carbocycles. The van der Waals surface area contributed by atoms with Gasteiger partial charge in [0, 0.05) is 18.2 Å². The first-order chi connectivity index (χ1) is 22.2. The van der Waals surface area contributed by atoms with Gasteiger partial charge in [-0.2, -0.15) is 8.42 Å². The zero-order valence-electron chi connectivity index (χ0n) is 25.4. The first kappa shape index (κ1) is 31.4. The van der Waals surface area contributed by atoms with Crippen LogP contribution < -0.4 is 11.2 Å². The lowest BCUT2D eigenvalue weighted by Gasteiger charge is -2.37. The minimum atomic E-state index is -4.22. The Morgan fingerprint density at radius 2 is 1.33 bits per heavy atom. The summed E-state index contributed by atoms with van der Waals surface area (Å²) < 4.78 is 47.4. The summed E-state index contributed by atoms with van der Waals surface area (Å²) in [4.78, 5) is 27.2. The van der Waals surface area contributed by atoms with E-state index in [0.29, 0.717) is 5.56 Å². The highest BCUT2D eigenvalue weighted by molar-refractivity contribution is 7.86. The molecule has 4 aromatic carbocycles. The molecule has 6 rings (SSSR count). The molecule has 0 bridgehead atoms. The van der Waals surface area contributed by atoms with Crippen LogP contribution in [-0.2, 0) is 29.4 Å². The van der Waals surface area contributed by atoms with Crippen LogP contribution in [0.15, 0.2) is 136 Å². The molecule has 9 nitrogen and oxygen atoms in total. The molecule has 1 aromatic heterocycles. The van der Waals surface area contributed by atoms with Crippen LogP contribution in [0.2, 0.25) is 0 Å².